The van der Waals surface area contributed by atoms with Gasteiger partial charge in [-0.15, -0.1) is 11.8 Å². The SMILES string of the molecule is CCSc1ccc(C(CO)NC(=O)c2cnc3c(c2)CNC3)cc1. The van der Waals surface area contributed by atoms with Crippen molar-refractivity contribution in [3.63, 3.8) is 0 Å². The van der Waals surface area contributed by atoms with Crippen LogP contribution in [0.1, 0.15) is 40.1 Å². The quantitative estimate of drug-likeness (QED) is 0.702. The molecule has 1 aliphatic rings. The Labute approximate surface area is 145 Å². The number of amides is 1. The second-order valence-electron chi connectivity index (χ2n) is 5.64. The molecule has 3 N–H and O–H groups in total. The second-order valence-corrected chi connectivity index (χ2v) is 6.98. The average Bonchev–Trinajstić information content (AvgIpc) is 3.08. The van der Waals surface area contributed by atoms with Crippen LogP contribution in [-0.2, 0) is 13.1 Å². The predicted molar refractivity (Wildman–Crippen MR) is 94.9 cm³/mol. The van der Waals surface area contributed by atoms with Gasteiger partial charge in [0.2, 0.25) is 0 Å². The Hall–Kier alpha value is -1.89. The molecule has 126 valence electrons. The van der Waals surface area contributed by atoms with Gasteiger partial charge in [0.25, 0.3) is 5.91 Å². The number of nitrogens with one attached hydrogen (secondary N) is 2. The Kier molecular flexibility index (Phi) is 5.50. The number of rotatable bonds is 6. The number of thioether (sulfide) groups is 1. The fourth-order valence-electron chi connectivity index (χ4n) is 2.73. The Bertz CT molecular complexity index is 719. The number of aliphatic hydroxyl groups excluding tert-OH is 1. The Morgan fingerprint density at radius 1 is 1.38 bits per heavy atom. The lowest BCUT2D eigenvalue weighted by atomic mass is 10.1. The van der Waals surface area contributed by atoms with Gasteiger partial charge in [0.05, 0.1) is 23.9 Å². The zero-order valence-corrected chi connectivity index (χ0v) is 14.4. The molecule has 6 heteroatoms. The van der Waals surface area contributed by atoms with Crippen LogP contribution in [0.5, 0.6) is 0 Å². The van der Waals surface area contributed by atoms with Gasteiger partial charge in [-0.2, -0.15) is 0 Å². The molecular weight excluding hydrogens is 322 g/mol. The average molecular weight is 343 g/mol. The molecule has 0 radical (unpaired) electrons. The molecule has 1 aromatic carbocycles. The maximum atomic E-state index is 12.5. The molecule has 2 aromatic rings. The number of hydrogen-bond acceptors (Lipinski definition) is 5. The van der Waals surface area contributed by atoms with Gasteiger partial charge in [0.15, 0.2) is 0 Å². The Balaban J connectivity index is 1.71. The van der Waals surface area contributed by atoms with Gasteiger partial charge < -0.3 is 15.7 Å². The summed E-state index contributed by atoms with van der Waals surface area (Å²) in [6, 6.07) is 9.37. The smallest absolute Gasteiger partial charge is 0.253 e. The largest absolute Gasteiger partial charge is 0.394 e. The van der Waals surface area contributed by atoms with Gasteiger partial charge >= 0.3 is 0 Å². The topological polar surface area (TPSA) is 74.2 Å². The molecule has 0 fully saturated rings. The van der Waals surface area contributed by atoms with Crippen LogP contribution in [0.2, 0.25) is 0 Å². The lowest BCUT2D eigenvalue weighted by molar-refractivity contribution is 0.0915. The van der Waals surface area contributed by atoms with Crippen molar-refractivity contribution < 1.29 is 9.90 Å². The van der Waals surface area contributed by atoms with Crippen molar-refractivity contribution >= 4 is 17.7 Å². The summed E-state index contributed by atoms with van der Waals surface area (Å²) in [7, 11) is 0. The number of carbonyl (C=O) groups excluding carboxylic acids is 1. The normalized spacial score (nSPS) is 14.2. The molecule has 0 saturated carbocycles. The third-order valence-electron chi connectivity index (χ3n) is 4.01. The maximum absolute atomic E-state index is 12.5. The summed E-state index contributed by atoms with van der Waals surface area (Å²) >= 11 is 1.76. The molecule has 1 atom stereocenters. The van der Waals surface area contributed by atoms with E-state index in [4.69, 9.17) is 0 Å². The summed E-state index contributed by atoms with van der Waals surface area (Å²) in [5, 5.41) is 15.8. The van der Waals surface area contributed by atoms with E-state index in [1.54, 1.807) is 18.0 Å². The van der Waals surface area contributed by atoms with E-state index in [-0.39, 0.29) is 12.5 Å². The molecule has 5 nitrogen and oxygen atoms in total. The molecule has 1 amide bonds. The van der Waals surface area contributed by atoms with Gasteiger partial charge in [0, 0.05) is 24.2 Å². The molecule has 2 heterocycles. The van der Waals surface area contributed by atoms with E-state index in [0.29, 0.717) is 5.56 Å². The van der Waals surface area contributed by atoms with E-state index in [0.717, 1.165) is 35.7 Å². The number of carbonyl (C=O) groups is 1. The third kappa shape index (κ3) is 3.77. The Morgan fingerprint density at radius 3 is 2.88 bits per heavy atom. The lowest BCUT2D eigenvalue weighted by Crippen LogP contribution is -2.31. The standard InChI is InChI=1S/C18H21N3O2S/c1-2-24-15-5-3-12(4-6-15)17(11-22)21-18(23)14-7-13-8-19-10-16(13)20-9-14/h3-7,9,17,19,22H,2,8,10-11H2,1H3,(H,21,23). The predicted octanol–water partition coefficient (Wildman–Crippen LogP) is 2.26. The maximum Gasteiger partial charge on any atom is 0.253 e. The molecule has 0 saturated heterocycles. The number of nitrogens with zero attached hydrogens (tertiary/aromatic N) is 1. The molecule has 24 heavy (non-hydrogen) atoms. The highest BCUT2D eigenvalue weighted by atomic mass is 32.2. The number of aliphatic hydroxyl groups is 1. The van der Waals surface area contributed by atoms with Gasteiger partial charge in [-0.3, -0.25) is 9.78 Å². The summed E-state index contributed by atoms with van der Waals surface area (Å²) in [5.41, 5.74) is 3.47. The van der Waals surface area contributed by atoms with Gasteiger partial charge in [-0.25, -0.2) is 0 Å². The van der Waals surface area contributed by atoms with E-state index in [1.807, 2.05) is 30.3 Å². The first kappa shape index (κ1) is 17.0. The lowest BCUT2D eigenvalue weighted by Gasteiger charge is -2.17. The zero-order chi connectivity index (χ0) is 16.9. The minimum Gasteiger partial charge on any atom is -0.394 e. The number of benzene rings is 1. The van der Waals surface area contributed by atoms with Crippen molar-refractivity contribution in [3.8, 4) is 0 Å². The van der Waals surface area contributed by atoms with Crippen LogP contribution in [0, 0.1) is 0 Å². The van der Waals surface area contributed by atoms with Crippen LogP contribution in [-0.4, -0.2) is 28.4 Å². The fraction of sp³-hybridized carbons (Fsp3) is 0.333. The first-order valence-electron chi connectivity index (χ1n) is 8.04. The van der Waals surface area contributed by atoms with E-state index in [2.05, 4.69) is 22.5 Å². The van der Waals surface area contributed by atoms with E-state index < -0.39 is 6.04 Å². The molecule has 0 spiro atoms. The monoisotopic (exact) mass is 343 g/mol. The second kappa shape index (κ2) is 7.79. The Morgan fingerprint density at radius 2 is 2.17 bits per heavy atom. The van der Waals surface area contributed by atoms with Crippen LogP contribution in [0.3, 0.4) is 0 Å². The minimum atomic E-state index is -0.426. The number of pyridine rings is 1. The molecule has 1 unspecified atom stereocenters. The summed E-state index contributed by atoms with van der Waals surface area (Å²) in [6.07, 6.45) is 1.59. The van der Waals surface area contributed by atoms with Crippen molar-refractivity contribution in [2.45, 2.75) is 31.0 Å². The van der Waals surface area contributed by atoms with Crippen molar-refractivity contribution in [2.75, 3.05) is 12.4 Å². The van der Waals surface area contributed by atoms with Gasteiger partial charge in [-0.1, -0.05) is 19.1 Å². The molecule has 1 aliphatic heterocycles. The number of fused-ring (bicyclic) bond motifs is 1. The molecule has 0 bridgehead atoms. The van der Waals surface area contributed by atoms with E-state index >= 15 is 0 Å². The van der Waals surface area contributed by atoms with Crippen LogP contribution < -0.4 is 10.6 Å². The van der Waals surface area contributed by atoms with Crippen LogP contribution in [0.4, 0.5) is 0 Å². The van der Waals surface area contributed by atoms with Crippen molar-refractivity contribution in [1.82, 2.24) is 15.6 Å². The molecule has 0 aliphatic carbocycles. The third-order valence-corrected chi connectivity index (χ3v) is 4.91. The van der Waals surface area contributed by atoms with Crippen LogP contribution in [0.25, 0.3) is 0 Å². The van der Waals surface area contributed by atoms with E-state index in [1.165, 1.54) is 4.90 Å². The first-order valence-corrected chi connectivity index (χ1v) is 9.02. The van der Waals surface area contributed by atoms with E-state index in [9.17, 15) is 9.90 Å². The molecule has 1 aromatic heterocycles. The van der Waals surface area contributed by atoms with Crippen molar-refractivity contribution in [2.24, 2.45) is 0 Å². The molecule has 3 rings (SSSR count). The van der Waals surface area contributed by atoms with Crippen molar-refractivity contribution in [3.05, 3.63) is 58.9 Å². The summed E-state index contributed by atoms with van der Waals surface area (Å²) in [4.78, 5) is 18.0. The van der Waals surface area contributed by atoms with Gasteiger partial charge in [-0.05, 0) is 35.1 Å². The summed E-state index contributed by atoms with van der Waals surface area (Å²) in [5.74, 6) is 0.794. The highest BCUT2D eigenvalue weighted by Gasteiger charge is 2.18. The first-order chi connectivity index (χ1) is 11.7. The zero-order valence-electron chi connectivity index (χ0n) is 13.6. The van der Waals surface area contributed by atoms with Crippen LogP contribution in [0.15, 0.2) is 41.4 Å². The highest BCUT2D eigenvalue weighted by molar-refractivity contribution is 7.99. The number of hydrogen-bond donors (Lipinski definition) is 3. The fourth-order valence-corrected chi connectivity index (χ4v) is 3.39. The molecular formula is C18H21N3O2S. The number of aromatic nitrogens is 1. The summed E-state index contributed by atoms with van der Waals surface area (Å²) < 4.78 is 0. The van der Waals surface area contributed by atoms with Crippen molar-refractivity contribution in [1.29, 1.82) is 0 Å². The van der Waals surface area contributed by atoms with Crippen LogP contribution >= 0.6 is 11.8 Å². The highest BCUT2D eigenvalue weighted by Crippen LogP contribution is 2.21. The van der Waals surface area contributed by atoms with Gasteiger partial charge in [0.1, 0.15) is 0 Å². The minimum absolute atomic E-state index is 0.147. The summed E-state index contributed by atoms with van der Waals surface area (Å²) in [6.45, 7) is 3.45.